The van der Waals surface area contributed by atoms with Crippen LogP contribution in [0, 0.1) is 0 Å². The SMILES string of the molecule is CC1CC(OC(CN)c2ccc(Br)cc2)CC(C)O1. The molecule has 1 fully saturated rings. The third-order valence-electron chi connectivity index (χ3n) is 3.47. The molecule has 3 unspecified atom stereocenters. The van der Waals surface area contributed by atoms with Crippen molar-refractivity contribution in [2.24, 2.45) is 5.73 Å². The Labute approximate surface area is 123 Å². The van der Waals surface area contributed by atoms with Gasteiger partial charge in [-0.25, -0.2) is 0 Å². The van der Waals surface area contributed by atoms with E-state index in [1.54, 1.807) is 0 Å². The summed E-state index contributed by atoms with van der Waals surface area (Å²) < 4.78 is 13.0. The molecule has 3 atom stereocenters. The van der Waals surface area contributed by atoms with Crippen molar-refractivity contribution in [1.29, 1.82) is 0 Å². The van der Waals surface area contributed by atoms with Crippen LogP contribution in [0.5, 0.6) is 0 Å². The number of hydrogen-bond acceptors (Lipinski definition) is 3. The predicted molar refractivity (Wildman–Crippen MR) is 80.1 cm³/mol. The first-order valence-corrected chi connectivity index (χ1v) is 7.64. The summed E-state index contributed by atoms with van der Waals surface area (Å²) in [5, 5.41) is 0. The molecule has 0 radical (unpaired) electrons. The van der Waals surface area contributed by atoms with Crippen molar-refractivity contribution in [3.05, 3.63) is 34.3 Å². The standard InChI is InChI=1S/C15H22BrNO2/c1-10-7-14(8-11(2)18-10)19-15(9-17)12-3-5-13(16)6-4-12/h3-6,10-11,14-15H,7-9,17H2,1-2H3. The van der Waals surface area contributed by atoms with E-state index in [2.05, 4.69) is 41.9 Å². The average Bonchev–Trinajstić information content (AvgIpc) is 2.36. The van der Waals surface area contributed by atoms with Gasteiger partial charge < -0.3 is 15.2 Å². The molecular weight excluding hydrogens is 306 g/mol. The van der Waals surface area contributed by atoms with Gasteiger partial charge in [0.15, 0.2) is 0 Å². The molecule has 1 heterocycles. The van der Waals surface area contributed by atoms with Gasteiger partial charge in [0.1, 0.15) is 0 Å². The number of ether oxygens (including phenoxy) is 2. The summed E-state index contributed by atoms with van der Waals surface area (Å²) in [5.74, 6) is 0. The van der Waals surface area contributed by atoms with E-state index in [0.29, 0.717) is 6.54 Å². The van der Waals surface area contributed by atoms with Gasteiger partial charge in [-0.3, -0.25) is 0 Å². The van der Waals surface area contributed by atoms with E-state index in [9.17, 15) is 0 Å². The highest BCUT2D eigenvalue weighted by molar-refractivity contribution is 9.10. The van der Waals surface area contributed by atoms with Crippen LogP contribution in [-0.4, -0.2) is 24.9 Å². The Kier molecular flexibility index (Phi) is 5.39. The second-order valence-electron chi connectivity index (χ2n) is 5.26. The van der Waals surface area contributed by atoms with Crippen LogP contribution < -0.4 is 5.73 Å². The highest BCUT2D eigenvalue weighted by Crippen LogP contribution is 2.27. The van der Waals surface area contributed by atoms with E-state index >= 15 is 0 Å². The van der Waals surface area contributed by atoms with Crippen LogP contribution >= 0.6 is 15.9 Å². The fourth-order valence-corrected chi connectivity index (χ4v) is 2.90. The molecule has 1 aromatic carbocycles. The van der Waals surface area contributed by atoms with E-state index < -0.39 is 0 Å². The number of rotatable bonds is 4. The Hall–Kier alpha value is -0.420. The van der Waals surface area contributed by atoms with Gasteiger partial charge in [0.25, 0.3) is 0 Å². The zero-order valence-electron chi connectivity index (χ0n) is 11.5. The van der Waals surface area contributed by atoms with Crippen molar-refractivity contribution in [1.82, 2.24) is 0 Å². The second kappa shape index (κ2) is 6.84. The zero-order valence-corrected chi connectivity index (χ0v) is 13.1. The molecule has 2 rings (SSSR count). The fourth-order valence-electron chi connectivity index (χ4n) is 2.64. The maximum atomic E-state index is 6.19. The van der Waals surface area contributed by atoms with Gasteiger partial charge in [-0.1, -0.05) is 28.1 Å². The summed E-state index contributed by atoms with van der Waals surface area (Å²) in [7, 11) is 0. The van der Waals surface area contributed by atoms with Crippen molar-refractivity contribution in [3.63, 3.8) is 0 Å². The van der Waals surface area contributed by atoms with Gasteiger partial charge in [-0.2, -0.15) is 0 Å². The van der Waals surface area contributed by atoms with Crippen LogP contribution in [0.3, 0.4) is 0 Å². The molecule has 1 aliphatic rings. The van der Waals surface area contributed by atoms with E-state index in [-0.39, 0.29) is 24.4 Å². The summed E-state index contributed by atoms with van der Waals surface area (Å²) in [6.07, 6.45) is 2.61. The summed E-state index contributed by atoms with van der Waals surface area (Å²) in [4.78, 5) is 0. The van der Waals surface area contributed by atoms with Crippen molar-refractivity contribution in [2.45, 2.75) is 51.1 Å². The monoisotopic (exact) mass is 327 g/mol. The molecule has 4 heteroatoms. The molecule has 1 saturated heterocycles. The zero-order chi connectivity index (χ0) is 13.8. The quantitative estimate of drug-likeness (QED) is 0.921. The van der Waals surface area contributed by atoms with Crippen LogP contribution in [0.2, 0.25) is 0 Å². The smallest absolute Gasteiger partial charge is 0.0950 e. The Balaban J connectivity index is 2.00. The largest absolute Gasteiger partial charge is 0.375 e. The van der Waals surface area contributed by atoms with Crippen LogP contribution in [0.25, 0.3) is 0 Å². The Bertz CT molecular complexity index is 386. The van der Waals surface area contributed by atoms with Crippen molar-refractivity contribution in [2.75, 3.05) is 6.54 Å². The molecule has 0 aliphatic carbocycles. The van der Waals surface area contributed by atoms with Crippen molar-refractivity contribution >= 4 is 15.9 Å². The van der Waals surface area contributed by atoms with Gasteiger partial charge in [0.05, 0.1) is 24.4 Å². The van der Waals surface area contributed by atoms with E-state index in [4.69, 9.17) is 15.2 Å². The van der Waals surface area contributed by atoms with Crippen LogP contribution in [0.4, 0.5) is 0 Å². The molecule has 1 aliphatic heterocycles. The highest BCUT2D eigenvalue weighted by Gasteiger charge is 2.27. The fraction of sp³-hybridized carbons (Fsp3) is 0.600. The molecule has 106 valence electrons. The molecular formula is C15H22BrNO2. The average molecular weight is 328 g/mol. The van der Waals surface area contributed by atoms with Gasteiger partial charge in [-0.05, 0) is 44.4 Å². The third-order valence-corrected chi connectivity index (χ3v) is 4.00. The Morgan fingerprint density at radius 2 is 1.84 bits per heavy atom. The number of halogens is 1. The lowest BCUT2D eigenvalue weighted by molar-refractivity contribution is -0.120. The van der Waals surface area contributed by atoms with Crippen molar-refractivity contribution < 1.29 is 9.47 Å². The summed E-state index contributed by atoms with van der Waals surface area (Å²) in [6.45, 7) is 4.70. The third kappa shape index (κ3) is 4.28. The van der Waals surface area contributed by atoms with Crippen molar-refractivity contribution in [3.8, 4) is 0 Å². The van der Waals surface area contributed by atoms with Gasteiger partial charge >= 0.3 is 0 Å². The molecule has 19 heavy (non-hydrogen) atoms. The van der Waals surface area contributed by atoms with Gasteiger partial charge in [-0.15, -0.1) is 0 Å². The molecule has 3 nitrogen and oxygen atoms in total. The maximum absolute atomic E-state index is 6.19. The Morgan fingerprint density at radius 3 is 2.37 bits per heavy atom. The topological polar surface area (TPSA) is 44.5 Å². The van der Waals surface area contributed by atoms with Crippen LogP contribution in [0.15, 0.2) is 28.7 Å². The molecule has 0 saturated carbocycles. The molecule has 0 bridgehead atoms. The second-order valence-corrected chi connectivity index (χ2v) is 6.18. The summed E-state index contributed by atoms with van der Waals surface area (Å²) in [6, 6.07) is 8.18. The first kappa shape index (κ1) is 15.0. The molecule has 1 aromatic rings. The first-order chi connectivity index (χ1) is 9.08. The Morgan fingerprint density at radius 1 is 1.26 bits per heavy atom. The van der Waals surface area contributed by atoms with E-state index in [1.807, 2.05) is 12.1 Å². The number of benzene rings is 1. The molecule has 0 aromatic heterocycles. The predicted octanol–water partition coefficient (Wildman–Crippen LogP) is 3.42. The van der Waals surface area contributed by atoms with Gasteiger partial charge in [0, 0.05) is 11.0 Å². The first-order valence-electron chi connectivity index (χ1n) is 6.85. The maximum Gasteiger partial charge on any atom is 0.0950 e. The summed E-state index contributed by atoms with van der Waals surface area (Å²) in [5.41, 5.74) is 7.00. The lowest BCUT2D eigenvalue weighted by atomic mass is 10.0. The summed E-state index contributed by atoms with van der Waals surface area (Å²) >= 11 is 3.44. The normalized spacial score (nSPS) is 29.2. The number of hydrogen-bond donors (Lipinski definition) is 1. The van der Waals surface area contributed by atoms with E-state index in [0.717, 1.165) is 22.9 Å². The lowest BCUT2D eigenvalue weighted by Gasteiger charge is -2.34. The van der Waals surface area contributed by atoms with Crippen LogP contribution in [0.1, 0.15) is 38.4 Å². The minimum absolute atomic E-state index is 0.0319. The molecule has 2 N–H and O–H groups in total. The number of nitrogens with two attached hydrogens (primary N) is 1. The lowest BCUT2D eigenvalue weighted by Crippen LogP contribution is -2.35. The molecule has 0 spiro atoms. The van der Waals surface area contributed by atoms with Gasteiger partial charge in [0.2, 0.25) is 0 Å². The minimum Gasteiger partial charge on any atom is -0.375 e. The van der Waals surface area contributed by atoms with E-state index in [1.165, 1.54) is 0 Å². The minimum atomic E-state index is -0.0319. The van der Waals surface area contributed by atoms with Crippen LogP contribution in [-0.2, 0) is 9.47 Å². The highest BCUT2D eigenvalue weighted by atomic mass is 79.9. The molecule has 0 amide bonds.